The molecule has 0 fully saturated rings. The van der Waals surface area contributed by atoms with E-state index in [1.54, 1.807) is 0 Å². The molecule has 4 heterocycles. The van der Waals surface area contributed by atoms with Gasteiger partial charge in [-0.15, -0.1) is 11.3 Å². The second-order valence-electron chi connectivity index (χ2n) is 18.2. The van der Waals surface area contributed by atoms with Crippen LogP contribution in [-0.4, -0.2) is 19.5 Å². The zero-order valence-electron chi connectivity index (χ0n) is 37.5. The monoisotopic (exact) mass is 910 g/mol. The Bertz CT molecular complexity index is 4170. The lowest BCUT2D eigenvalue weighted by Crippen LogP contribution is -2.32. The van der Waals surface area contributed by atoms with Crippen molar-refractivity contribution in [3.63, 3.8) is 0 Å². The fourth-order valence-corrected chi connectivity index (χ4v) is 12.7. The Hall–Kier alpha value is -8.97. The van der Waals surface area contributed by atoms with E-state index in [-0.39, 0.29) is 0 Å². The van der Waals surface area contributed by atoms with E-state index in [2.05, 4.69) is 199 Å². The molecule has 1 spiro atoms. The highest BCUT2D eigenvalue weighted by Gasteiger charge is 2.51. The summed E-state index contributed by atoms with van der Waals surface area (Å²) in [4.78, 5) is 15.5. The predicted octanol–water partition coefficient (Wildman–Crippen LogP) is 16.5. The van der Waals surface area contributed by atoms with Gasteiger partial charge in [0.2, 0.25) is 0 Å². The third-order valence-electron chi connectivity index (χ3n) is 14.5. The first-order valence-corrected chi connectivity index (χ1v) is 24.5. The third kappa shape index (κ3) is 5.56. The van der Waals surface area contributed by atoms with E-state index in [4.69, 9.17) is 19.7 Å². The second-order valence-corrected chi connectivity index (χ2v) is 19.3. The van der Waals surface area contributed by atoms with Crippen LogP contribution in [0.25, 0.3) is 104 Å². The molecule has 1 aliphatic carbocycles. The number of ether oxygens (including phenoxy) is 1. The molecule has 0 bridgehead atoms. The van der Waals surface area contributed by atoms with Crippen LogP contribution in [0.15, 0.2) is 231 Å². The summed E-state index contributed by atoms with van der Waals surface area (Å²) in [6.07, 6.45) is 0. The summed E-state index contributed by atoms with van der Waals surface area (Å²) in [7, 11) is 0. The molecule has 0 atom stereocenters. The molecule has 1 aliphatic heterocycles. The molecule has 3 aromatic heterocycles. The fraction of sp³-hybridized carbons (Fsp3) is 0.0156. The van der Waals surface area contributed by atoms with Crippen molar-refractivity contribution in [2.75, 3.05) is 0 Å². The van der Waals surface area contributed by atoms with Gasteiger partial charge in [-0.05, 0) is 82.4 Å². The summed E-state index contributed by atoms with van der Waals surface area (Å²) < 4.78 is 11.8. The molecular formula is C64H38N4OS. The van der Waals surface area contributed by atoms with Crippen LogP contribution in [0, 0.1) is 0 Å². The molecule has 0 unspecified atom stereocenters. The number of fused-ring (bicyclic) bond motifs is 16. The molecule has 0 saturated heterocycles. The molecule has 0 N–H and O–H groups in total. The van der Waals surface area contributed by atoms with Gasteiger partial charge < -0.3 is 9.30 Å². The minimum Gasteiger partial charge on any atom is -0.457 e. The summed E-state index contributed by atoms with van der Waals surface area (Å²) in [5.41, 5.74) is 14.9. The van der Waals surface area contributed by atoms with Gasteiger partial charge in [-0.1, -0.05) is 176 Å². The Morgan fingerprint density at radius 2 is 0.886 bits per heavy atom. The maximum absolute atomic E-state index is 6.76. The largest absolute Gasteiger partial charge is 0.457 e. The molecule has 2 aliphatic rings. The van der Waals surface area contributed by atoms with Gasteiger partial charge >= 0.3 is 0 Å². The molecule has 0 saturated carbocycles. The first-order valence-electron chi connectivity index (χ1n) is 23.7. The van der Waals surface area contributed by atoms with E-state index in [1.165, 1.54) is 58.7 Å². The number of aromatic nitrogens is 4. The Morgan fingerprint density at radius 1 is 0.371 bits per heavy atom. The molecule has 0 amide bonds. The highest BCUT2D eigenvalue weighted by Crippen LogP contribution is 2.63. The zero-order chi connectivity index (χ0) is 45.9. The average molecular weight is 911 g/mol. The third-order valence-corrected chi connectivity index (χ3v) is 15.6. The van der Waals surface area contributed by atoms with E-state index in [0.29, 0.717) is 17.5 Å². The Kier molecular flexibility index (Phi) is 8.38. The average Bonchev–Trinajstić information content (AvgIpc) is 4.08. The van der Waals surface area contributed by atoms with Crippen molar-refractivity contribution in [1.29, 1.82) is 0 Å². The lowest BCUT2D eigenvalue weighted by atomic mass is 9.66. The number of nitrogens with zero attached hydrogens (tertiary/aromatic N) is 4. The van der Waals surface area contributed by atoms with Gasteiger partial charge in [-0.2, -0.15) is 0 Å². The maximum atomic E-state index is 6.76. The molecule has 5 nitrogen and oxygen atoms in total. The van der Waals surface area contributed by atoms with Crippen molar-refractivity contribution in [1.82, 2.24) is 19.5 Å². The van der Waals surface area contributed by atoms with Crippen LogP contribution in [0.2, 0.25) is 0 Å². The predicted molar refractivity (Wildman–Crippen MR) is 286 cm³/mol. The maximum Gasteiger partial charge on any atom is 0.164 e. The number of benzene rings is 10. The van der Waals surface area contributed by atoms with Gasteiger partial charge in [0.25, 0.3) is 0 Å². The number of hydrogen-bond donors (Lipinski definition) is 0. The standard InChI is InChI=1S/C64H38N4OS/c1-4-18-39(19-5-1)61-65-62(40-20-6-2-7-21-40)67-63(66-61)42-33-35-50-48(37-42)47-36-41(32-34-49(47)64(50)51-26-12-15-29-54(51)69-55-30-16-13-27-52(55)64)46-38-57-58(45-25-11-17-31-56(45)70-57)59-44-24-10-14-28-53(44)68(60(46)59)43-22-8-3-9-23-43/h1-38H. The highest BCUT2D eigenvalue weighted by molar-refractivity contribution is 7.26. The van der Waals surface area contributed by atoms with E-state index < -0.39 is 5.41 Å². The molecule has 15 rings (SSSR count). The summed E-state index contributed by atoms with van der Waals surface area (Å²) in [5.74, 6) is 3.59. The van der Waals surface area contributed by atoms with Crippen molar-refractivity contribution >= 4 is 53.3 Å². The van der Waals surface area contributed by atoms with Crippen LogP contribution in [0.3, 0.4) is 0 Å². The Labute approximate surface area is 407 Å². The van der Waals surface area contributed by atoms with E-state index in [0.717, 1.165) is 61.7 Å². The van der Waals surface area contributed by atoms with Crippen molar-refractivity contribution in [3.05, 3.63) is 253 Å². The fourth-order valence-electron chi connectivity index (χ4n) is 11.6. The van der Waals surface area contributed by atoms with Crippen molar-refractivity contribution in [2.24, 2.45) is 0 Å². The molecule has 10 aromatic carbocycles. The van der Waals surface area contributed by atoms with Crippen LogP contribution in [0.5, 0.6) is 11.5 Å². The molecular weight excluding hydrogens is 873 g/mol. The minimum atomic E-state index is -0.666. The smallest absolute Gasteiger partial charge is 0.164 e. The Balaban J connectivity index is 1.04. The molecule has 0 radical (unpaired) electrons. The van der Waals surface area contributed by atoms with E-state index >= 15 is 0 Å². The topological polar surface area (TPSA) is 52.8 Å². The van der Waals surface area contributed by atoms with Gasteiger partial charge in [-0.25, -0.2) is 15.0 Å². The lowest BCUT2D eigenvalue weighted by molar-refractivity contribution is 0.436. The van der Waals surface area contributed by atoms with E-state index in [1.807, 2.05) is 47.7 Å². The first kappa shape index (κ1) is 39.1. The molecule has 6 heteroatoms. The lowest BCUT2D eigenvalue weighted by Gasteiger charge is -2.39. The molecule has 13 aromatic rings. The summed E-state index contributed by atoms with van der Waals surface area (Å²) in [6, 6.07) is 82.6. The van der Waals surface area contributed by atoms with Crippen LogP contribution < -0.4 is 4.74 Å². The van der Waals surface area contributed by atoms with Crippen LogP contribution in [0.1, 0.15) is 22.3 Å². The van der Waals surface area contributed by atoms with Crippen LogP contribution in [0.4, 0.5) is 0 Å². The number of thiophene rings is 1. The van der Waals surface area contributed by atoms with Crippen molar-refractivity contribution in [2.45, 2.75) is 5.41 Å². The quantitative estimate of drug-likeness (QED) is 0.173. The van der Waals surface area contributed by atoms with Crippen molar-refractivity contribution < 1.29 is 4.74 Å². The number of para-hydroxylation sites is 4. The normalized spacial score (nSPS) is 13.1. The van der Waals surface area contributed by atoms with Gasteiger partial charge in [0.15, 0.2) is 17.5 Å². The van der Waals surface area contributed by atoms with Gasteiger partial charge in [0.05, 0.1) is 16.4 Å². The van der Waals surface area contributed by atoms with Gasteiger partial charge in [-0.3, -0.25) is 0 Å². The summed E-state index contributed by atoms with van der Waals surface area (Å²) in [6.45, 7) is 0. The first-order chi connectivity index (χ1) is 34.7. The number of rotatable bonds is 5. The minimum absolute atomic E-state index is 0.617. The molecule has 70 heavy (non-hydrogen) atoms. The molecule has 326 valence electrons. The summed E-state index contributed by atoms with van der Waals surface area (Å²) in [5, 5.41) is 5.10. The number of hydrogen-bond acceptors (Lipinski definition) is 5. The van der Waals surface area contributed by atoms with Gasteiger partial charge in [0.1, 0.15) is 11.5 Å². The van der Waals surface area contributed by atoms with Crippen LogP contribution in [-0.2, 0) is 5.41 Å². The van der Waals surface area contributed by atoms with Crippen LogP contribution >= 0.6 is 11.3 Å². The van der Waals surface area contributed by atoms with Gasteiger partial charge in [0, 0.05) is 70.0 Å². The highest BCUT2D eigenvalue weighted by atomic mass is 32.1. The van der Waals surface area contributed by atoms with E-state index in [9.17, 15) is 0 Å². The van der Waals surface area contributed by atoms with Crippen molar-refractivity contribution in [3.8, 4) is 73.6 Å². The zero-order valence-corrected chi connectivity index (χ0v) is 38.4. The Morgan fingerprint density at radius 3 is 1.54 bits per heavy atom. The summed E-state index contributed by atoms with van der Waals surface area (Å²) >= 11 is 1.87. The SMILES string of the molecule is c1ccc(-c2nc(-c3ccccc3)nc(-c3ccc4c(c3)-c3cc(-c5cc6sc7ccccc7c6c6c7ccccc7n(-c7ccccc7)c56)ccc3C43c4ccccc4Oc4ccccc43)n2)cc1. The second kappa shape index (κ2) is 15.0.